The van der Waals surface area contributed by atoms with E-state index in [1.165, 1.54) is 6.92 Å². The lowest BCUT2D eigenvalue weighted by molar-refractivity contribution is -0.125. The molecule has 5 heteroatoms. The van der Waals surface area contributed by atoms with Gasteiger partial charge in [0.15, 0.2) is 22.9 Å². The van der Waals surface area contributed by atoms with Gasteiger partial charge in [0, 0.05) is 31.5 Å². The number of furan rings is 1. The molecule has 0 radical (unpaired) electrons. The van der Waals surface area contributed by atoms with Crippen molar-refractivity contribution in [2.75, 3.05) is 13.1 Å². The summed E-state index contributed by atoms with van der Waals surface area (Å²) in [5, 5.41) is 0.754. The number of fused-ring (bicyclic) bond motifs is 1. The van der Waals surface area contributed by atoms with Gasteiger partial charge in [0.25, 0.3) is 0 Å². The molecule has 2 aromatic carbocycles. The van der Waals surface area contributed by atoms with Crippen molar-refractivity contribution in [3.05, 3.63) is 71.5 Å². The number of rotatable bonds is 8. The summed E-state index contributed by atoms with van der Waals surface area (Å²) in [6.45, 7) is 10.5. The van der Waals surface area contributed by atoms with Crippen LogP contribution in [-0.4, -0.2) is 29.7 Å². The van der Waals surface area contributed by atoms with Gasteiger partial charge in [0.05, 0.1) is 0 Å². The molecule has 0 saturated heterocycles. The third-order valence-corrected chi connectivity index (χ3v) is 5.41. The molecule has 1 aromatic heterocycles. The van der Waals surface area contributed by atoms with Crippen LogP contribution in [0, 0.1) is 0 Å². The molecule has 3 aromatic rings. The molecule has 5 nitrogen and oxygen atoms in total. The minimum absolute atomic E-state index is 0.0380. The first-order valence-electron chi connectivity index (χ1n) is 10.6. The molecule has 0 fully saturated rings. The van der Waals surface area contributed by atoms with Crippen LogP contribution in [0.15, 0.2) is 59.0 Å². The number of carbonyl (C=O) groups excluding carboxylic acids is 2. The predicted molar refractivity (Wildman–Crippen MR) is 123 cm³/mol. The van der Waals surface area contributed by atoms with Gasteiger partial charge in [0.1, 0.15) is 6.10 Å². The van der Waals surface area contributed by atoms with Gasteiger partial charge in [-0.15, -0.1) is 0 Å². The Labute approximate surface area is 183 Å². The number of allylic oxidation sites excluding steroid dienone is 1. The average molecular weight is 420 g/mol. The van der Waals surface area contributed by atoms with E-state index in [-0.39, 0.29) is 23.6 Å². The molecule has 3 rings (SSSR count). The highest BCUT2D eigenvalue weighted by Crippen LogP contribution is 2.36. The van der Waals surface area contributed by atoms with Gasteiger partial charge in [-0.25, -0.2) is 0 Å². The summed E-state index contributed by atoms with van der Waals surface area (Å²) in [7, 11) is 0. The molecule has 31 heavy (non-hydrogen) atoms. The number of ketones is 1. The molecule has 1 unspecified atom stereocenters. The van der Waals surface area contributed by atoms with Crippen LogP contribution in [0.4, 0.5) is 0 Å². The Bertz CT molecular complexity index is 1110. The van der Waals surface area contributed by atoms with Gasteiger partial charge >= 0.3 is 0 Å². The van der Waals surface area contributed by atoms with E-state index in [4.69, 9.17) is 9.15 Å². The molecule has 1 amide bonds. The topological polar surface area (TPSA) is 59.8 Å². The quantitative estimate of drug-likeness (QED) is 0.329. The molecule has 0 aliphatic heterocycles. The second-order valence-corrected chi connectivity index (χ2v) is 7.53. The second kappa shape index (κ2) is 9.65. The number of benzene rings is 2. The van der Waals surface area contributed by atoms with Gasteiger partial charge in [-0.1, -0.05) is 36.4 Å². The lowest BCUT2D eigenvalue weighted by Crippen LogP contribution is -2.28. The maximum absolute atomic E-state index is 12.6. The standard InChI is InChI=1S/C26H29NO4/c1-6-27(7-2)25(29)15-17(3)21-13-14-23(26-22(21)16-24(31-26)18(4)28)30-19(5)20-11-9-8-10-12-20/h8-16,19H,6-7H2,1-5H3/b17-15+. The highest BCUT2D eigenvalue weighted by atomic mass is 16.5. The molecule has 1 heterocycles. The Morgan fingerprint density at radius 2 is 1.74 bits per heavy atom. The van der Waals surface area contributed by atoms with Gasteiger partial charge < -0.3 is 14.1 Å². The molecule has 0 bridgehead atoms. The van der Waals surface area contributed by atoms with Gasteiger partial charge in [-0.2, -0.15) is 0 Å². The molecule has 1 atom stereocenters. The van der Waals surface area contributed by atoms with Gasteiger partial charge in [0.2, 0.25) is 5.91 Å². The number of hydrogen-bond acceptors (Lipinski definition) is 4. The summed E-state index contributed by atoms with van der Waals surface area (Å²) in [6, 6.07) is 15.4. The maximum Gasteiger partial charge on any atom is 0.246 e. The Balaban J connectivity index is 2.04. The number of likely N-dealkylation sites (N-methyl/N-ethyl adjacent to an activating group) is 1. The monoisotopic (exact) mass is 419 g/mol. The van der Waals surface area contributed by atoms with Crippen LogP contribution < -0.4 is 4.74 Å². The van der Waals surface area contributed by atoms with Crippen molar-refractivity contribution in [1.29, 1.82) is 0 Å². The Kier molecular flexibility index (Phi) is 6.95. The third kappa shape index (κ3) is 4.88. The summed E-state index contributed by atoms with van der Waals surface area (Å²) in [5.41, 5.74) is 3.19. The fraction of sp³-hybridized carbons (Fsp3) is 0.308. The van der Waals surface area contributed by atoms with Crippen molar-refractivity contribution in [3.8, 4) is 5.75 Å². The Hall–Kier alpha value is -3.34. The Morgan fingerprint density at radius 3 is 2.35 bits per heavy atom. The zero-order valence-corrected chi connectivity index (χ0v) is 18.8. The molecule has 0 saturated carbocycles. The first kappa shape index (κ1) is 22.3. The van der Waals surface area contributed by atoms with E-state index < -0.39 is 0 Å². The molecular formula is C26H29NO4. The number of hydrogen-bond donors (Lipinski definition) is 0. The first-order chi connectivity index (χ1) is 14.8. The molecule has 0 spiro atoms. The van der Waals surface area contributed by atoms with E-state index in [9.17, 15) is 9.59 Å². The predicted octanol–water partition coefficient (Wildman–Crippen LogP) is 6.05. The van der Waals surface area contributed by atoms with Crippen molar-refractivity contribution in [1.82, 2.24) is 4.90 Å². The summed E-state index contributed by atoms with van der Waals surface area (Å²) in [4.78, 5) is 26.3. The van der Waals surface area contributed by atoms with Crippen LogP contribution in [0.2, 0.25) is 0 Å². The van der Waals surface area contributed by atoms with Crippen molar-refractivity contribution in [2.24, 2.45) is 0 Å². The number of nitrogens with zero attached hydrogens (tertiary/aromatic N) is 1. The van der Waals surface area contributed by atoms with Crippen LogP contribution in [0.25, 0.3) is 16.5 Å². The van der Waals surface area contributed by atoms with Crippen molar-refractivity contribution in [2.45, 2.75) is 40.7 Å². The first-order valence-corrected chi connectivity index (χ1v) is 10.6. The lowest BCUT2D eigenvalue weighted by Gasteiger charge is -2.17. The van der Waals surface area contributed by atoms with E-state index in [1.54, 1.807) is 17.0 Å². The fourth-order valence-electron chi connectivity index (χ4n) is 3.58. The molecular weight excluding hydrogens is 390 g/mol. The summed E-state index contributed by atoms with van der Waals surface area (Å²) in [5.74, 6) is 0.627. The zero-order chi connectivity index (χ0) is 22.5. The van der Waals surface area contributed by atoms with E-state index in [0.29, 0.717) is 24.4 Å². The van der Waals surface area contributed by atoms with Gasteiger partial charge in [-0.3, -0.25) is 9.59 Å². The molecule has 0 aliphatic carbocycles. The largest absolute Gasteiger partial charge is 0.482 e. The van der Waals surface area contributed by atoms with Crippen LogP contribution >= 0.6 is 0 Å². The van der Waals surface area contributed by atoms with Crippen molar-refractivity contribution < 1.29 is 18.7 Å². The number of Topliss-reactive ketones (excluding diaryl/α,β-unsaturated/α-hetero) is 1. The van der Waals surface area contributed by atoms with Crippen LogP contribution in [0.1, 0.15) is 62.4 Å². The van der Waals surface area contributed by atoms with E-state index in [0.717, 1.165) is 22.1 Å². The molecule has 0 aliphatic rings. The average Bonchev–Trinajstić information content (AvgIpc) is 3.21. The SMILES string of the molecule is CCN(CC)C(=O)/C=C(\C)c1ccc(OC(C)c2ccccc2)c2oc(C(C)=O)cc12. The maximum atomic E-state index is 12.6. The van der Waals surface area contributed by atoms with Crippen LogP contribution in [-0.2, 0) is 4.79 Å². The number of ether oxygens (including phenoxy) is 1. The van der Waals surface area contributed by atoms with E-state index in [2.05, 4.69) is 0 Å². The highest BCUT2D eigenvalue weighted by molar-refractivity contribution is 6.03. The van der Waals surface area contributed by atoms with Gasteiger partial charge in [-0.05, 0) is 56.5 Å². The summed E-state index contributed by atoms with van der Waals surface area (Å²) in [6.07, 6.45) is 1.44. The summed E-state index contributed by atoms with van der Waals surface area (Å²) < 4.78 is 12.1. The number of carbonyl (C=O) groups is 2. The van der Waals surface area contributed by atoms with Crippen molar-refractivity contribution >= 4 is 28.2 Å². The smallest absolute Gasteiger partial charge is 0.246 e. The number of amides is 1. The van der Waals surface area contributed by atoms with Crippen LogP contribution in [0.5, 0.6) is 5.75 Å². The molecule has 162 valence electrons. The third-order valence-electron chi connectivity index (χ3n) is 5.41. The highest BCUT2D eigenvalue weighted by Gasteiger charge is 2.19. The minimum atomic E-state index is -0.193. The normalized spacial score (nSPS) is 12.6. The Morgan fingerprint density at radius 1 is 1.06 bits per heavy atom. The molecule has 0 N–H and O–H groups in total. The van der Waals surface area contributed by atoms with E-state index in [1.807, 2.05) is 70.2 Å². The fourth-order valence-corrected chi connectivity index (χ4v) is 3.58. The lowest BCUT2D eigenvalue weighted by atomic mass is 10.0. The van der Waals surface area contributed by atoms with Crippen molar-refractivity contribution in [3.63, 3.8) is 0 Å². The van der Waals surface area contributed by atoms with E-state index >= 15 is 0 Å². The van der Waals surface area contributed by atoms with Crippen LogP contribution in [0.3, 0.4) is 0 Å². The minimum Gasteiger partial charge on any atom is -0.482 e. The second-order valence-electron chi connectivity index (χ2n) is 7.53. The zero-order valence-electron chi connectivity index (χ0n) is 18.8. The summed E-state index contributed by atoms with van der Waals surface area (Å²) >= 11 is 0.